The molecular formula is C22H32N4O3. The summed E-state index contributed by atoms with van der Waals surface area (Å²) >= 11 is 0. The second-order valence-corrected chi connectivity index (χ2v) is 7.15. The maximum atomic E-state index is 8.07. The van der Waals surface area contributed by atoms with Gasteiger partial charge in [0.25, 0.3) is 0 Å². The first-order valence-corrected chi connectivity index (χ1v) is 9.83. The smallest absolute Gasteiger partial charge is 0.219 e. The first-order chi connectivity index (χ1) is 14.0. The zero-order chi connectivity index (χ0) is 21.1. The number of nitrogens with zero attached hydrogens (tertiary/aromatic N) is 1. The SMILES string of the molecule is COC(CNC(=N)c1ccc(Oc2ccc(CNCCC(C)C)cc2)nc1)OC. The van der Waals surface area contributed by atoms with Crippen molar-refractivity contribution in [2.45, 2.75) is 33.1 Å². The van der Waals surface area contributed by atoms with Gasteiger partial charge in [-0.05, 0) is 42.6 Å². The van der Waals surface area contributed by atoms with Gasteiger partial charge in [0.15, 0.2) is 6.29 Å². The average Bonchev–Trinajstić information content (AvgIpc) is 2.73. The van der Waals surface area contributed by atoms with E-state index in [-0.39, 0.29) is 5.84 Å². The topological polar surface area (TPSA) is 88.5 Å². The van der Waals surface area contributed by atoms with Crippen LogP contribution < -0.4 is 15.4 Å². The molecule has 0 bridgehead atoms. The minimum Gasteiger partial charge on any atom is -0.439 e. The standard InChI is InChI=1S/C22H32N4O3/c1-16(2)11-12-24-13-17-5-8-19(9-6-17)29-20-10-7-18(14-25-20)22(23)26-15-21(27-3)28-4/h5-10,14,16,21,24H,11-13,15H2,1-4H3,(H2,23,26). The molecule has 0 saturated carbocycles. The lowest BCUT2D eigenvalue weighted by Gasteiger charge is -2.15. The van der Waals surface area contributed by atoms with E-state index in [4.69, 9.17) is 19.6 Å². The second-order valence-electron chi connectivity index (χ2n) is 7.15. The molecule has 7 heteroatoms. The fraction of sp³-hybridized carbons (Fsp3) is 0.455. The zero-order valence-corrected chi connectivity index (χ0v) is 17.7. The quantitative estimate of drug-likeness (QED) is 0.219. The maximum absolute atomic E-state index is 8.07. The minimum absolute atomic E-state index is 0.248. The molecule has 0 saturated heterocycles. The Morgan fingerprint density at radius 2 is 1.79 bits per heavy atom. The number of amidine groups is 1. The summed E-state index contributed by atoms with van der Waals surface area (Å²) in [5.74, 6) is 2.17. The van der Waals surface area contributed by atoms with E-state index >= 15 is 0 Å². The molecule has 3 N–H and O–H groups in total. The van der Waals surface area contributed by atoms with Crippen molar-refractivity contribution in [3.8, 4) is 11.6 Å². The van der Waals surface area contributed by atoms with E-state index in [9.17, 15) is 0 Å². The highest BCUT2D eigenvalue weighted by atomic mass is 16.7. The van der Waals surface area contributed by atoms with Gasteiger partial charge in [-0.15, -0.1) is 0 Å². The van der Waals surface area contributed by atoms with Gasteiger partial charge in [-0.2, -0.15) is 0 Å². The summed E-state index contributed by atoms with van der Waals surface area (Å²) < 4.78 is 16.0. The lowest BCUT2D eigenvalue weighted by Crippen LogP contribution is -2.34. The van der Waals surface area contributed by atoms with E-state index in [0.717, 1.165) is 18.8 Å². The van der Waals surface area contributed by atoms with E-state index in [0.29, 0.717) is 23.9 Å². The van der Waals surface area contributed by atoms with Gasteiger partial charge in [0.05, 0.1) is 6.54 Å². The van der Waals surface area contributed by atoms with Crippen molar-refractivity contribution in [2.75, 3.05) is 27.3 Å². The van der Waals surface area contributed by atoms with Gasteiger partial charge < -0.3 is 24.8 Å². The fourth-order valence-corrected chi connectivity index (χ4v) is 2.56. The lowest BCUT2D eigenvalue weighted by molar-refractivity contribution is -0.0965. The van der Waals surface area contributed by atoms with Gasteiger partial charge in [-0.1, -0.05) is 26.0 Å². The number of hydrogen-bond donors (Lipinski definition) is 3. The number of benzene rings is 1. The van der Waals surface area contributed by atoms with Gasteiger partial charge in [-0.25, -0.2) is 4.98 Å². The van der Waals surface area contributed by atoms with E-state index in [1.807, 2.05) is 24.3 Å². The van der Waals surface area contributed by atoms with Crippen LogP contribution in [0, 0.1) is 11.3 Å². The van der Waals surface area contributed by atoms with Crippen LogP contribution in [0.2, 0.25) is 0 Å². The van der Waals surface area contributed by atoms with Crippen molar-refractivity contribution in [3.05, 3.63) is 53.7 Å². The highest BCUT2D eigenvalue weighted by Gasteiger charge is 2.08. The first-order valence-electron chi connectivity index (χ1n) is 9.83. The predicted molar refractivity (Wildman–Crippen MR) is 115 cm³/mol. The van der Waals surface area contributed by atoms with Crippen LogP contribution in [0.5, 0.6) is 11.6 Å². The van der Waals surface area contributed by atoms with Crippen molar-refractivity contribution in [3.63, 3.8) is 0 Å². The van der Waals surface area contributed by atoms with Gasteiger partial charge in [0, 0.05) is 38.6 Å². The van der Waals surface area contributed by atoms with Gasteiger partial charge in [-0.3, -0.25) is 5.41 Å². The Kier molecular flexibility index (Phi) is 9.56. The monoisotopic (exact) mass is 400 g/mol. The molecule has 2 aromatic rings. The Morgan fingerprint density at radius 3 is 2.38 bits per heavy atom. The Morgan fingerprint density at radius 1 is 1.07 bits per heavy atom. The van der Waals surface area contributed by atoms with Crippen LogP contribution in [0.15, 0.2) is 42.6 Å². The summed E-state index contributed by atoms with van der Waals surface area (Å²) in [6.07, 6.45) is 2.38. The molecule has 0 unspecified atom stereocenters. The molecule has 0 fully saturated rings. The summed E-state index contributed by atoms with van der Waals surface area (Å²) in [6, 6.07) is 11.5. The number of ether oxygens (including phenoxy) is 3. The summed E-state index contributed by atoms with van der Waals surface area (Å²) in [7, 11) is 3.12. The summed E-state index contributed by atoms with van der Waals surface area (Å²) in [6.45, 7) is 6.70. The molecule has 158 valence electrons. The molecule has 0 aliphatic heterocycles. The average molecular weight is 401 g/mol. The molecule has 1 aromatic carbocycles. The normalized spacial score (nSPS) is 11.1. The molecule has 0 amide bonds. The third kappa shape index (κ3) is 8.19. The summed E-state index contributed by atoms with van der Waals surface area (Å²) in [4.78, 5) is 4.28. The van der Waals surface area contributed by atoms with Crippen LogP contribution in [-0.2, 0) is 16.0 Å². The number of rotatable bonds is 12. The van der Waals surface area contributed by atoms with Crippen LogP contribution in [0.25, 0.3) is 0 Å². The second kappa shape index (κ2) is 12.2. The minimum atomic E-state index is -0.403. The van der Waals surface area contributed by atoms with E-state index in [2.05, 4.69) is 29.5 Å². The van der Waals surface area contributed by atoms with Crippen molar-refractivity contribution >= 4 is 5.84 Å². The Bertz CT molecular complexity index is 729. The van der Waals surface area contributed by atoms with Crippen LogP contribution in [0.3, 0.4) is 0 Å². The first kappa shape index (κ1) is 22.8. The lowest BCUT2D eigenvalue weighted by atomic mass is 10.1. The van der Waals surface area contributed by atoms with E-state index in [1.165, 1.54) is 12.0 Å². The summed E-state index contributed by atoms with van der Waals surface area (Å²) in [5.41, 5.74) is 1.88. The highest BCUT2D eigenvalue weighted by Crippen LogP contribution is 2.20. The Hall–Kier alpha value is -2.48. The molecule has 0 aliphatic rings. The molecule has 0 spiro atoms. The zero-order valence-electron chi connectivity index (χ0n) is 17.7. The molecule has 1 heterocycles. The molecular weight excluding hydrogens is 368 g/mol. The molecule has 2 rings (SSSR count). The number of nitrogens with one attached hydrogen (secondary N) is 3. The Labute approximate surface area is 173 Å². The predicted octanol–water partition coefficient (Wildman–Crippen LogP) is 3.54. The molecule has 0 aliphatic carbocycles. The van der Waals surface area contributed by atoms with E-state index < -0.39 is 6.29 Å². The van der Waals surface area contributed by atoms with E-state index in [1.54, 1.807) is 32.5 Å². The van der Waals surface area contributed by atoms with Crippen LogP contribution in [0.1, 0.15) is 31.4 Å². The molecule has 29 heavy (non-hydrogen) atoms. The molecule has 1 aromatic heterocycles. The molecule has 0 atom stereocenters. The molecule has 7 nitrogen and oxygen atoms in total. The maximum Gasteiger partial charge on any atom is 0.219 e. The van der Waals surface area contributed by atoms with Crippen molar-refractivity contribution in [1.29, 1.82) is 5.41 Å². The summed E-state index contributed by atoms with van der Waals surface area (Å²) in [5, 5.41) is 14.5. The third-order valence-corrected chi connectivity index (χ3v) is 4.37. The van der Waals surface area contributed by atoms with Crippen molar-refractivity contribution < 1.29 is 14.2 Å². The van der Waals surface area contributed by atoms with Crippen LogP contribution in [-0.4, -0.2) is 44.4 Å². The van der Waals surface area contributed by atoms with Gasteiger partial charge in [0.2, 0.25) is 5.88 Å². The number of hydrogen-bond acceptors (Lipinski definition) is 6. The van der Waals surface area contributed by atoms with Gasteiger partial charge >= 0.3 is 0 Å². The number of pyridine rings is 1. The van der Waals surface area contributed by atoms with Crippen molar-refractivity contribution in [2.24, 2.45) is 5.92 Å². The number of aromatic nitrogens is 1. The third-order valence-electron chi connectivity index (χ3n) is 4.37. The molecule has 0 radical (unpaired) electrons. The Balaban J connectivity index is 1.82. The van der Waals surface area contributed by atoms with Crippen molar-refractivity contribution in [1.82, 2.24) is 15.6 Å². The van der Waals surface area contributed by atoms with Gasteiger partial charge in [0.1, 0.15) is 11.6 Å². The highest BCUT2D eigenvalue weighted by molar-refractivity contribution is 5.96. The number of methoxy groups -OCH3 is 2. The fourth-order valence-electron chi connectivity index (χ4n) is 2.56. The van der Waals surface area contributed by atoms with Crippen LogP contribution in [0.4, 0.5) is 0 Å². The van der Waals surface area contributed by atoms with Crippen LogP contribution >= 0.6 is 0 Å². The largest absolute Gasteiger partial charge is 0.439 e.